The van der Waals surface area contributed by atoms with Gasteiger partial charge in [-0.2, -0.15) is 0 Å². The third-order valence-electron chi connectivity index (χ3n) is 4.82. The Morgan fingerprint density at radius 2 is 1.85 bits per heavy atom. The van der Waals surface area contributed by atoms with Gasteiger partial charge in [-0.05, 0) is 55.3 Å². The number of hydrogen-bond acceptors (Lipinski definition) is 5. The molecule has 1 aliphatic heterocycles. The number of aromatic nitrogens is 3. The molecule has 0 radical (unpaired) electrons. The van der Waals surface area contributed by atoms with E-state index in [1.807, 2.05) is 24.3 Å². The van der Waals surface area contributed by atoms with Crippen LogP contribution in [0.1, 0.15) is 30.0 Å². The molecule has 6 heteroatoms. The molecule has 4 rings (SSSR count). The Hall–Kier alpha value is -2.86. The first-order chi connectivity index (χ1) is 13.3. The van der Waals surface area contributed by atoms with E-state index in [4.69, 9.17) is 4.98 Å². The van der Waals surface area contributed by atoms with Crippen LogP contribution in [0.3, 0.4) is 0 Å². The molecule has 1 saturated heterocycles. The van der Waals surface area contributed by atoms with Crippen molar-refractivity contribution in [2.45, 2.75) is 25.3 Å². The quantitative estimate of drug-likeness (QED) is 0.738. The molecule has 138 valence electrons. The molecule has 5 nitrogen and oxygen atoms in total. The first-order valence-electron chi connectivity index (χ1n) is 9.24. The van der Waals surface area contributed by atoms with Crippen molar-refractivity contribution < 1.29 is 4.39 Å². The molecular formula is C21H22FN5. The van der Waals surface area contributed by atoms with E-state index >= 15 is 0 Å². The molecule has 0 spiro atoms. The number of piperidine rings is 1. The SMILES string of the molecule is Fc1ccc(CN2CCC[C@H](c3cccc(Nc4ncccn4)n3)C2)cc1. The molecule has 3 heterocycles. The maximum atomic E-state index is 13.1. The fourth-order valence-corrected chi connectivity index (χ4v) is 3.52. The van der Waals surface area contributed by atoms with Gasteiger partial charge in [-0.1, -0.05) is 18.2 Å². The molecule has 2 aromatic heterocycles. The van der Waals surface area contributed by atoms with Crippen LogP contribution in [0.15, 0.2) is 60.9 Å². The molecule has 1 aromatic carbocycles. The molecule has 0 aliphatic carbocycles. The highest BCUT2D eigenvalue weighted by Crippen LogP contribution is 2.27. The molecular weight excluding hydrogens is 341 g/mol. The highest BCUT2D eigenvalue weighted by Gasteiger charge is 2.22. The zero-order chi connectivity index (χ0) is 18.5. The third kappa shape index (κ3) is 4.65. The number of nitrogens with one attached hydrogen (secondary N) is 1. The van der Waals surface area contributed by atoms with Crippen LogP contribution in [0.5, 0.6) is 0 Å². The topological polar surface area (TPSA) is 53.9 Å². The Balaban J connectivity index is 1.43. The number of nitrogens with zero attached hydrogens (tertiary/aromatic N) is 4. The normalized spacial score (nSPS) is 17.6. The van der Waals surface area contributed by atoms with Gasteiger partial charge in [0.2, 0.25) is 5.95 Å². The number of likely N-dealkylation sites (tertiary alicyclic amines) is 1. The fraction of sp³-hybridized carbons (Fsp3) is 0.286. The fourth-order valence-electron chi connectivity index (χ4n) is 3.52. The van der Waals surface area contributed by atoms with Crippen molar-refractivity contribution in [1.82, 2.24) is 19.9 Å². The largest absolute Gasteiger partial charge is 0.309 e. The second-order valence-corrected chi connectivity index (χ2v) is 6.85. The first-order valence-corrected chi connectivity index (χ1v) is 9.24. The van der Waals surface area contributed by atoms with E-state index in [1.165, 1.54) is 12.1 Å². The lowest BCUT2D eigenvalue weighted by Gasteiger charge is -2.32. The molecule has 3 aromatic rings. The molecule has 0 bridgehead atoms. The summed E-state index contributed by atoms with van der Waals surface area (Å²) in [5, 5.41) is 3.16. The van der Waals surface area contributed by atoms with Gasteiger partial charge < -0.3 is 5.32 Å². The van der Waals surface area contributed by atoms with Gasteiger partial charge in [0.25, 0.3) is 0 Å². The Bertz CT molecular complexity index is 869. The van der Waals surface area contributed by atoms with Gasteiger partial charge in [0.15, 0.2) is 0 Å². The maximum Gasteiger partial charge on any atom is 0.228 e. The average molecular weight is 363 g/mol. The summed E-state index contributed by atoms with van der Waals surface area (Å²) in [6.07, 6.45) is 5.66. The smallest absolute Gasteiger partial charge is 0.228 e. The summed E-state index contributed by atoms with van der Waals surface area (Å²) in [6, 6.07) is 14.6. The van der Waals surface area contributed by atoms with Crippen LogP contribution in [-0.4, -0.2) is 32.9 Å². The van der Waals surface area contributed by atoms with Crippen LogP contribution in [-0.2, 0) is 6.54 Å². The summed E-state index contributed by atoms with van der Waals surface area (Å²) in [5.41, 5.74) is 2.22. The minimum absolute atomic E-state index is 0.189. The van der Waals surface area contributed by atoms with E-state index in [-0.39, 0.29) is 5.82 Å². The highest BCUT2D eigenvalue weighted by molar-refractivity contribution is 5.47. The molecule has 1 N–H and O–H groups in total. The second kappa shape index (κ2) is 8.22. The van der Waals surface area contributed by atoms with Crippen LogP contribution in [0.4, 0.5) is 16.2 Å². The Kier molecular flexibility index (Phi) is 5.34. The summed E-state index contributed by atoms with van der Waals surface area (Å²) in [6.45, 7) is 2.85. The van der Waals surface area contributed by atoms with Crippen molar-refractivity contribution in [3.63, 3.8) is 0 Å². The minimum Gasteiger partial charge on any atom is -0.309 e. The van der Waals surface area contributed by atoms with E-state index < -0.39 is 0 Å². The Labute approximate surface area is 158 Å². The lowest BCUT2D eigenvalue weighted by Crippen LogP contribution is -2.34. The zero-order valence-electron chi connectivity index (χ0n) is 15.1. The van der Waals surface area contributed by atoms with E-state index in [0.29, 0.717) is 11.9 Å². The molecule has 0 saturated carbocycles. The van der Waals surface area contributed by atoms with Gasteiger partial charge in [0, 0.05) is 37.1 Å². The van der Waals surface area contributed by atoms with Gasteiger partial charge in [0.05, 0.1) is 0 Å². The van der Waals surface area contributed by atoms with Gasteiger partial charge in [0.1, 0.15) is 11.6 Å². The number of benzene rings is 1. The van der Waals surface area contributed by atoms with Crippen LogP contribution in [0, 0.1) is 5.82 Å². The lowest BCUT2D eigenvalue weighted by molar-refractivity contribution is 0.198. The Morgan fingerprint density at radius 3 is 2.67 bits per heavy atom. The molecule has 0 unspecified atom stereocenters. The predicted molar refractivity (Wildman–Crippen MR) is 103 cm³/mol. The summed E-state index contributed by atoms with van der Waals surface area (Å²) in [7, 11) is 0. The van der Waals surface area contributed by atoms with Crippen LogP contribution in [0.25, 0.3) is 0 Å². The van der Waals surface area contributed by atoms with Gasteiger partial charge in [-0.15, -0.1) is 0 Å². The van der Waals surface area contributed by atoms with Crippen molar-refractivity contribution >= 4 is 11.8 Å². The number of halogens is 1. The Morgan fingerprint density at radius 1 is 1.04 bits per heavy atom. The molecule has 1 atom stereocenters. The number of pyridine rings is 1. The summed E-state index contributed by atoms with van der Waals surface area (Å²) >= 11 is 0. The van der Waals surface area contributed by atoms with Crippen molar-refractivity contribution in [2.75, 3.05) is 18.4 Å². The van der Waals surface area contributed by atoms with E-state index in [2.05, 4.69) is 26.3 Å². The number of anilines is 2. The number of rotatable bonds is 5. The number of hydrogen-bond donors (Lipinski definition) is 1. The minimum atomic E-state index is -0.189. The standard InChI is InChI=1S/C21H22FN5/c22-18-9-7-16(8-10-18)14-27-13-2-4-17(15-27)19-5-1-6-20(25-19)26-21-23-11-3-12-24-21/h1,3,5-12,17H,2,4,13-15H2,(H,23,24,25,26)/t17-/m0/s1. The van der Waals surface area contributed by atoms with Gasteiger partial charge >= 0.3 is 0 Å². The molecule has 27 heavy (non-hydrogen) atoms. The predicted octanol–water partition coefficient (Wildman–Crippen LogP) is 4.13. The van der Waals surface area contributed by atoms with Crippen molar-refractivity contribution in [3.8, 4) is 0 Å². The van der Waals surface area contributed by atoms with Gasteiger partial charge in [-0.3, -0.25) is 4.90 Å². The van der Waals surface area contributed by atoms with E-state index in [1.54, 1.807) is 18.5 Å². The molecule has 1 fully saturated rings. The average Bonchev–Trinajstić information content (AvgIpc) is 2.71. The van der Waals surface area contributed by atoms with Crippen molar-refractivity contribution in [2.24, 2.45) is 0 Å². The summed E-state index contributed by atoms with van der Waals surface area (Å²) < 4.78 is 13.1. The second-order valence-electron chi connectivity index (χ2n) is 6.85. The highest BCUT2D eigenvalue weighted by atomic mass is 19.1. The van der Waals surface area contributed by atoms with E-state index in [9.17, 15) is 4.39 Å². The lowest BCUT2D eigenvalue weighted by atomic mass is 9.94. The van der Waals surface area contributed by atoms with Crippen LogP contribution >= 0.6 is 0 Å². The summed E-state index contributed by atoms with van der Waals surface area (Å²) in [5.74, 6) is 1.50. The van der Waals surface area contributed by atoms with E-state index in [0.717, 1.165) is 49.6 Å². The van der Waals surface area contributed by atoms with Crippen molar-refractivity contribution in [3.05, 3.63) is 78.0 Å². The maximum absolute atomic E-state index is 13.1. The third-order valence-corrected chi connectivity index (χ3v) is 4.82. The van der Waals surface area contributed by atoms with Crippen LogP contribution < -0.4 is 5.32 Å². The monoisotopic (exact) mass is 363 g/mol. The van der Waals surface area contributed by atoms with Gasteiger partial charge in [-0.25, -0.2) is 19.3 Å². The van der Waals surface area contributed by atoms with Crippen LogP contribution in [0.2, 0.25) is 0 Å². The summed E-state index contributed by atoms with van der Waals surface area (Å²) in [4.78, 5) is 15.6. The molecule has 0 amide bonds. The zero-order valence-corrected chi connectivity index (χ0v) is 15.1. The molecule has 1 aliphatic rings. The first kappa shape index (κ1) is 17.5. The van der Waals surface area contributed by atoms with Crippen molar-refractivity contribution in [1.29, 1.82) is 0 Å².